The van der Waals surface area contributed by atoms with E-state index in [4.69, 9.17) is 5.73 Å². The van der Waals surface area contributed by atoms with Gasteiger partial charge in [0.05, 0.1) is 11.0 Å². The van der Waals surface area contributed by atoms with Crippen molar-refractivity contribution in [3.63, 3.8) is 0 Å². The number of aromatic nitrogens is 4. The van der Waals surface area contributed by atoms with Crippen molar-refractivity contribution >= 4 is 16.9 Å². The zero-order chi connectivity index (χ0) is 12.5. The molecule has 3 aromatic rings. The molecule has 1 aromatic carbocycles. The van der Waals surface area contributed by atoms with Gasteiger partial charge in [-0.1, -0.05) is 25.5 Å². The number of benzene rings is 1. The summed E-state index contributed by atoms with van der Waals surface area (Å²) < 4.78 is 4.59. The molecule has 0 atom stereocenters. The lowest BCUT2D eigenvalue weighted by molar-refractivity contribution is 0.310. The molecule has 0 aliphatic carbocycles. The molecule has 18 heavy (non-hydrogen) atoms. The number of aryl methyl sites for hydroxylation is 1. The molecule has 0 aliphatic heterocycles. The van der Waals surface area contributed by atoms with Crippen LogP contribution in [0.25, 0.3) is 22.6 Å². The summed E-state index contributed by atoms with van der Waals surface area (Å²) in [4.78, 5) is 7.72. The maximum absolute atomic E-state index is 5.66. The summed E-state index contributed by atoms with van der Waals surface area (Å²) in [6.07, 6.45) is 2.07. The number of H-pyrrole nitrogens is 1. The minimum absolute atomic E-state index is 0.242. The van der Waals surface area contributed by atoms with E-state index in [2.05, 4.69) is 37.9 Å². The quantitative estimate of drug-likeness (QED) is 0.735. The summed E-state index contributed by atoms with van der Waals surface area (Å²) >= 11 is 0. The van der Waals surface area contributed by atoms with Crippen LogP contribution in [0.3, 0.4) is 0 Å². The summed E-state index contributed by atoms with van der Waals surface area (Å²) in [6, 6.07) is 6.08. The van der Waals surface area contributed by atoms with E-state index in [1.165, 1.54) is 5.56 Å². The first-order valence-electron chi connectivity index (χ1n) is 5.85. The smallest absolute Gasteiger partial charge is 0.199 e. The van der Waals surface area contributed by atoms with Crippen molar-refractivity contribution in [2.75, 3.05) is 5.73 Å². The van der Waals surface area contributed by atoms with Crippen LogP contribution in [0.2, 0.25) is 0 Å². The number of aromatic amines is 1. The minimum atomic E-state index is 0.242. The highest BCUT2D eigenvalue weighted by Gasteiger charge is 2.14. The van der Waals surface area contributed by atoms with Crippen LogP contribution in [-0.2, 0) is 6.42 Å². The molecule has 0 radical (unpaired) electrons. The molecule has 0 spiro atoms. The van der Waals surface area contributed by atoms with Crippen molar-refractivity contribution in [1.29, 1.82) is 0 Å². The Morgan fingerprint density at radius 3 is 2.94 bits per heavy atom. The first-order valence-corrected chi connectivity index (χ1v) is 5.85. The van der Waals surface area contributed by atoms with E-state index in [-0.39, 0.29) is 5.82 Å². The normalized spacial score (nSPS) is 11.2. The molecule has 3 N–H and O–H groups in total. The second kappa shape index (κ2) is 4.14. The second-order valence-corrected chi connectivity index (χ2v) is 4.15. The number of nitrogens with two attached hydrogens (primary N) is 1. The van der Waals surface area contributed by atoms with E-state index in [9.17, 15) is 0 Å². The van der Waals surface area contributed by atoms with Gasteiger partial charge < -0.3 is 10.7 Å². The molecule has 0 bridgehead atoms. The van der Waals surface area contributed by atoms with Crippen molar-refractivity contribution < 1.29 is 4.63 Å². The first-order chi connectivity index (χ1) is 8.79. The van der Waals surface area contributed by atoms with Crippen molar-refractivity contribution in [1.82, 2.24) is 20.3 Å². The predicted molar refractivity (Wildman–Crippen MR) is 67.8 cm³/mol. The van der Waals surface area contributed by atoms with Crippen molar-refractivity contribution in [2.45, 2.75) is 19.8 Å². The zero-order valence-electron chi connectivity index (χ0n) is 9.97. The third-order valence-corrected chi connectivity index (χ3v) is 2.85. The molecule has 0 fully saturated rings. The SMILES string of the molecule is CCCc1cccc2[nH]c(-c3nonc3N)nc12. The van der Waals surface area contributed by atoms with Crippen LogP contribution in [0.15, 0.2) is 22.8 Å². The van der Waals surface area contributed by atoms with E-state index in [0.717, 1.165) is 23.9 Å². The number of nitrogens with zero attached hydrogens (tertiary/aromatic N) is 3. The lowest BCUT2D eigenvalue weighted by Gasteiger charge is -1.98. The second-order valence-electron chi connectivity index (χ2n) is 4.15. The molecule has 2 aromatic heterocycles. The lowest BCUT2D eigenvalue weighted by atomic mass is 10.1. The number of para-hydroxylation sites is 1. The summed E-state index contributed by atoms with van der Waals surface area (Å²) in [6.45, 7) is 2.14. The van der Waals surface area contributed by atoms with Crippen LogP contribution in [0, 0.1) is 0 Å². The van der Waals surface area contributed by atoms with Gasteiger partial charge >= 0.3 is 0 Å². The van der Waals surface area contributed by atoms with Gasteiger partial charge in [0.25, 0.3) is 0 Å². The van der Waals surface area contributed by atoms with Gasteiger partial charge in [-0.05, 0) is 28.4 Å². The van der Waals surface area contributed by atoms with Gasteiger partial charge in [0.15, 0.2) is 17.3 Å². The van der Waals surface area contributed by atoms with E-state index >= 15 is 0 Å². The number of nitrogen functional groups attached to an aromatic ring is 1. The van der Waals surface area contributed by atoms with Crippen LogP contribution in [-0.4, -0.2) is 20.3 Å². The van der Waals surface area contributed by atoms with Gasteiger partial charge in [0.2, 0.25) is 0 Å². The largest absolute Gasteiger partial charge is 0.379 e. The van der Waals surface area contributed by atoms with Crippen molar-refractivity contribution in [3.8, 4) is 11.5 Å². The number of nitrogens with one attached hydrogen (secondary N) is 1. The molecule has 2 heterocycles. The molecule has 0 aliphatic rings. The maximum atomic E-state index is 5.66. The van der Waals surface area contributed by atoms with Gasteiger partial charge in [-0.2, -0.15) is 0 Å². The Kier molecular flexibility index (Phi) is 2.47. The Morgan fingerprint density at radius 2 is 2.22 bits per heavy atom. The molecule has 6 nitrogen and oxygen atoms in total. The van der Waals surface area contributed by atoms with E-state index in [1.807, 2.05) is 12.1 Å². The van der Waals surface area contributed by atoms with Crippen molar-refractivity contribution in [3.05, 3.63) is 23.8 Å². The highest BCUT2D eigenvalue weighted by molar-refractivity contribution is 5.83. The van der Waals surface area contributed by atoms with Gasteiger partial charge in [-0.3, -0.25) is 0 Å². The van der Waals surface area contributed by atoms with E-state index < -0.39 is 0 Å². The third kappa shape index (κ3) is 1.62. The average molecular weight is 243 g/mol. The molecule has 0 amide bonds. The topological polar surface area (TPSA) is 93.6 Å². The molecular formula is C12H13N5O. The molecule has 0 saturated heterocycles. The summed E-state index contributed by atoms with van der Waals surface area (Å²) in [7, 11) is 0. The number of fused-ring (bicyclic) bond motifs is 1. The Hall–Kier alpha value is -2.37. The molecule has 3 rings (SSSR count). The number of hydrogen-bond acceptors (Lipinski definition) is 5. The van der Waals surface area contributed by atoms with Crippen LogP contribution < -0.4 is 5.73 Å². The number of rotatable bonds is 3. The first kappa shape index (κ1) is 10.8. The molecule has 0 unspecified atom stereocenters. The fourth-order valence-electron chi connectivity index (χ4n) is 2.03. The predicted octanol–water partition coefficient (Wildman–Crippen LogP) is 2.15. The third-order valence-electron chi connectivity index (χ3n) is 2.85. The zero-order valence-corrected chi connectivity index (χ0v) is 9.97. The van der Waals surface area contributed by atoms with Gasteiger partial charge in [0, 0.05) is 0 Å². The highest BCUT2D eigenvalue weighted by Crippen LogP contribution is 2.24. The number of imidazole rings is 1. The van der Waals surface area contributed by atoms with E-state index in [0.29, 0.717) is 11.5 Å². The van der Waals surface area contributed by atoms with Gasteiger partial charge in [-0.15, -0.1) is 0 Å². The minimum Gasteiger partial charge on any atom is -0.379 e. The van der Waals surface area contributed by atoms with Gasteiger partial charge in [0.1, 0.15) is 0 Å². The maximum Gasteiger partial charge on any atom is 0.199 e. The Balaban J connectivity index is 2.17. The monoisotopic (exact) mass is 243 g/mol. The standard InChI is InChI=1S/C12H13N5O/c1-2-4-7-5-3-6-8-9(7)15-12(14-8)10-11(13)17-18-16-10/h3,5-6H,2,4H2,1H3,(H2,13,17)(H,14,15). The molecule has 92 valence electrons. The summed E-state index contributed by atoms with van der Waals surface area (Å²) in [5, 5.41) is 7.31. The fraction of sp³-hybridized carbons (Fsp3) is 0.250. The number of anilines is 1. The highest BCUT2D eigenvalue weighted by atomic mass is 16.6. The molecule has 0 saturated carbocycles. The Labute approximate surface area is 103 Å². The Morgan fingerprint density at radius 1 is 1.33 bits per heavy atom. The fourth-order valence-corrected chi connectivity index (χ4v) is 2.03. The average Bonchev–Trinajstić information content (AvgIpc) is 2.95. The van der Waals surface area contributed by atoms with Crippen molar-refractivity contribution in [2.24, 2.45) is 0 Å². The molecular weight excluding hydrogens is 230 g/mol. The van der Waals surface area contributed by atoms with E-state index in [1.54, 1.807) is 0 Å². The molecule has 6 heteroatoms. The van der Waals surface area contributed by atoms with Crippen LogP contribution in [0.5, 0.6) is 0 Å². The number of hydrogen-bond donors (Lipinski definition) is 2. The summed E-state index contributed by atoms with van der Waals surface area (Å²) in [5.74, 6) is 0.832. The van der Waals surface area contributed by atoms with Crippen LogP contribution >= 0.6 is 0 Å². The van der Waals surface area contributed by atoms with Gasteiger partial charge in [-0.25, -0.2) is 9.61 Å². The lowest BCUT2D eigenvalue weighted by Crippen LogP contribution is -1.89. The van der Waals surface area contributed by atoms with Crippen LogP contribution in [0.4, 0.5) is 5.82 Å². The van der Waals surface area contributed by atoms with Crippen LogP contribution in [0.1, 0.15) is 18.9 Å². The summed E-state index contributed by atoms with van der Waals surface area (Å²) in [5.41, 5.74) is 9.26. The Bertz CT molecular complexity index is 685.